The van der Waals surface area contributed by atoms with Crippen LogP contribution in [-0.2, 0) is 19.9 Å². The van der Waals surface area contributed by atoms with Crippen molar-refractivity contribution in [3.63, 3.8) is 0 Å². The third-order valence-electron chi connectivity index (χ3n) is 5.13. The van der Waals surface area contributed by atoms with Crippen molar-refractivity contribution in [3.8, 4) is 0 Å². The molecule has 1 N–H and O–H groups in total. The first-order chi connectivity index (χ1) is 12.9. The number of hydrogen-bond donors (Lipinski definition) is 1. The van der Waals surface area contributed by atoms with Crippen LogP contribution in [0, 0.1) is 0 Å². The van der Waals surface area contributed by atoms with Gasteiger partial charge in [0.25, 0.3) is 5.91 Å². The number of hydrogen-bond acceptors (Lipinski definition) is 4. The van der Waals surface area contributed by atoms with Gasteiger partial charge in [0.15, 0.2) is 0 Å². The molecule has 2 saturated heterocycles. The van der Waals surface area contributed by atoms with Crippen LogP contribution in [0.2, 0.25) is 0 Å². The number of rotatable bonds is 5. The molecular weight excluding hydrogens is 346 g/mol. The molecule has 1 aromatic rings. The summed E-state index contributed by atoms with van der Waals surface area (Å²) in [4.78, 5) is 41.3. The normalized spacial score (nSPS) is 28.4. The molecule has 7 heteroatoms. The number of nitrogens with zero attached hydrogens (tertiary/aromatic N) is 2. The third-order valence-corrected chi connectivity index (χ3v) is 5.13. The standard InChI is InChI=1S/C20H27N3O4/c1-4-10-20(16-8-6-5-7-9-16)18(25)23(19(26)21-20)13-17(24)22-11-14(2)27-15(3)12-22/h5-9,14-15H,4,10-13H2,1-3H3,(H,21,26)/t14-,15-,20-/m1/s1. The quantitative estimate of drug-likeness (QED) is 0.799. The summed E-state index contributed by atoms with van der Waals surface area (Å²) < 4.78 is 5.65. The van der Waals surface area contributed by atoms with Crippen molar-refractivity contribution in [1.29, 1.82) is 0 Å². The molecule has 0 unspecified atom stereocenters. The molecule has 4 amide bonds. The van der Waals surface area contributed by atoms with Crippen LogP contribution in [-0.4, -0.2) is 59.5 Å². The SMILES string of the molecule is CCC[C@]1(c2ccccc2)NC(=O)N(CC(=O)N2C[C@@H](C)O[C@H](C)C2)C1=O. The van der Waals surface area contributed by atoms with Gasteiger partial charge < -0.3 is 15.0 Å². The maximum Gasteiger partial charge on any atom is 0.325 e. The van der Waals surface area contributed by atoms with Gasteiger partial charge in [-0.2, -0.15) is 0 Å². The highest BCUT2D eigenvalue weighted by Gasteiger charge is 2.52. The second-order valence-corrected chi connectivity index (χ2v) is 7.40. The Bertz CT molecular complexity index is 713. The van der Waals surface area contributed by atoms with Gasteiger partial charge >= 0.3 is 6.03 Å². The molecule has 0 bridgehead atoms. The maximum absolute atomic E-state index is 13.2. The summed E-state index contributed by atoms with van der Waals surface area (Å²) in [6.07, 6.45) is 1.08. The van der Waals surface area contributed by atoms with Gasteiger partial charge in [-0.15, -0.1) is 0 Å². The van der Waals surface area contributed by atoms with Crippen molar-refractivity contribution in [3.05, 3.63) is 35.9 Å². The summed E-state index contributed by atoms with van der Waals surface area (Å²) in [6, 6.07) is 8.72. The number of benzene rings is 1. The van der Waals surface area contributed by atoms with E-state index in [1.807, 2.05) is 51.1 Å². The molecule has 2 heterocycles. The molecular formula is C20H27N3O4. The fourth-order valence-corrected chi connectivity index (χ4v) is 3.99. The molecule has 1 aromatic carbocycles. The molecule has 146 valence electrons. The Hall–Kier alpha value is -2.41. The molecule has 2 fully saturated rings. The largest absolute Gasteiger partial charge is 0.372 e. The molecule has 3 rings (SSSR count). The van der Waals surface area contributed by atoms with Crippen LogP contribution in [0.5, 0.6) is 0 Å². The van der Waals surface area contributed by atoms with Gasteiger partial charge in [0, 0.05) is 13.1 Å². The number of urea groups is 1. The predicted molar refractivity (Wildman–Crippen MR) is 99.9 cm³/mol. The van der Waals surface area contributed by atoms with Crippen LogP contribution in [0.25, 0.3) is 0 Å². The predicted octanol–water partition coefficient (Wildman–Crippen LogP) is 1.87. The van der Waals surface area contributed by atoms with Crippen molar-refractivity contribution in [2.24, 2.45) is 0 Å². The van der Waals surface area contributed by atoms with E-state index < -0.39 is 11.6 Å². The first-order valence-corrected chi connectivity index (χ1v) is 9.50. The van der Waals surface area contributed by atoms with E-state index in [-0.39, 0.29) is 30.6 Å². The zero-order valence-corrected chi connectivity index (χ0v) is 16.1. The third kappa shape index (κ3) is 3.69. The van der Waals surface area contributed by atoms with Gasteiger partial charge in [-0.05, 0) is 25.8 Å². The van der Waals surface area contributed by atoms with Crippen molar-refractivity contribution in [2.75, 3.05) is 19.6 Å². The Kier molecular flexibility index (Phi) is 5.51. The van der Waals surface area contributed by atoms with Gasteiger partial charge in [0.2, 0.25) is 5.91 Å². The lowest BCUT2D eigenvalue weighted by Gasteiger charge is -2.36. The minimum absolute atomic E-state index is 0.0655. The number of nitrogens with one attached hydrogen (secondary N) is 1. The summed E-state index contributed by atoms with van der Waals surface area (Å²) in [5.74, 6) is -0.593. The summed E-state index contributed by atoms with van der Waals surface area (Å²) in [5, 5.41) is 2.85. The average molecular weight is 373 g/mol. The molecule has 2 aliphatic heterocycles. The Labute approximate surface area is 159 Å². The topological polar surface area (TPSA) is 79.0 Å². The minimum atomic E-state index is -1.10. The van der Waals surface area contributed by atoms with Crippen LogP contribution < -0.4 is 5.32 Å². The van der Waals surface area contributed by atoms with Gasteiger partial charge in [-0.25, -0.2) is 4.79 Å². The fraction of sp³-hybridized carbons (Fsp3) is 0.550. The zero-order chi connectivity index (χ0) is 19.6. The van der Waals surface area contributed by atoms with Crippen LogP contribution in [0.3, 0.4) is 0 Å². The van der Waals surface area contributed by atoms with E-state index >= 15 is 0 Å². The van der Waals surface area contributed by atoms with Gasteiger partial charge in [-0.1, -0.05) is 43.7 Å². The number of imide groups is 1. The Morgan fingerprint density at radius 3 is 2.41 bits per heavy atom. The first kappa shape index (κ1) is 19.4. The summed E-state index contributed by atoms with van der Waals surface area (Å²) >= 11 is 0. The highest BCUT2D eigenvalue weighted by Crippen LogP contribution is 2.33. The van der Waals surface area contributed by atoms with Crippen LogP contribution >= 0.6 is 0 Å². The smallest absolute Gasteiger partial charge is 0.325 e. The molecule has 3 atom stereocenters. The van der Waals surface area contributed by atoms with E-state index in [1.54, 1.807) is 4.90 Å². The molecule has 27 heavy (non-hydrogen) atoms. The van der Waals surface area contributed by atoms with E-state index in [0.29, 0.717) is 19.5 Å². The van der Waals surface area contributed by atoms with E-state index in [0.717, 1.165) is 16.9 Å². The zero-order valence-electron chi connectivity index (χ0n) is 16.1. The number of amides is 4. The lowest BCUT2D eigenvalue weighted by molar-refractivity contribution is -0.147. The molecule has 0 aliphatic carbocycles. The van der Waals surface area contributed by atoms with Crippen LogP contribution in [0.1, 0.15) is 39.2 Å². The van der Waals surface area contributed by atoms with E-state index in [1.165, 1.54) is 0 Å². The molecule has 0 spiro atoms. The Balaban J connectivity index is 1.80. The fourth-order valence-electron chi connectivity index (χ4n) is 3.99. The highest BCUT2D eigenvalue weighted by molar-refractivity contribution is 6.09. The Morgan fingerprint density at radius 2 is 1.81 bits per heavy atom. The van der Waals surface area contributed by atoms with Crippen molar-refractivity contribution >= 4 is 17.8 Å². The lowest BCUT2D eigenvalue weighted by atomic mass is 9.85. The lowest BCUT2D eigenvalue weighted by Crippen LogP contribution is -2.52. The number of carbonyl (C=O) groups is 3. The number of morpholine rings is 1. The van der Waals surface area contributed by atoms with E-state index in [2.05, 4.69) is 5.32 Å². The monoisotopic (exact) mass is 373 g/mol. The van der Waals surface area contributed by atoms with Crippen molar-refractivity contribution in [1.82, 2.24) is 15.1 Å². The second-order valence-electron chi connectivity index (χ2n) is 7.40. The number of carbonyl (C=O) groups excluding carboxylic acids is 3. The van der Waals surface area contributed by atoms with Gasteiger partial charge in [0.1, 0.15) is 12.1 Å². The Morgan fingerprint density at radius 1 is 1.19 bits per heavy atom. The first-order valence-electron chi connectivity index (χ1n) is 9.50. The average Bonchev–Trinajstić information content (AvgIpc) is 2.87. The minimum Gasteiger partial charge on any atom is -0.372 e. The summed E-state index contributed by atoms with van der Waals surface area (Å²) in [7, 11) is 0. The number of ether oxygens (including phenoxy) is 1. The molecule has 0 saturated carbocycles. The summed E-state index contributed by atoms with van der Waals surface area (Å²) in [6.45, 7) is 6.46. The highest BCUT2D eigenvalue weighted by atomic mass is 16.5. The van der Waals surface area contributed by atoms with Gasteiger partial charge in [-0.3, -0.25) is 14.5 Å². The molecule has 2 aliphatic rings. The molecule has 0 aromatic heterocycles. The second kappa shape index (κ2) is 7.68. The van der Waals surface area contributed by atoms with E-state index in [9.17, 15) is 14.4 Å². The van der Waals surface area contributed by atoms with Crippen molar-refractivity contribution < 1.29 is 19.1 Å². The summed E-state index contributed by atoms with van der Waals surface area (Å²) in [5.41, 5.74) is -0.354. The van der Waals surface area contributed by atoms with Crippen LogP contribution in [0.15, 0.2) is 30.3 Å². The van der Waals surface area contributed by atoms with Crippen LogP contribution in [0.4, 0.5) is 4.79 Å². The van der Waals surface area contributed by atoms with E-state index in [4.69, 9.17) is 4.74 Å². The molecule has 7 nitrogen and oxygen atoms in total. The molecule has 0 radical (unpaired) electrons. The van der Waals surface area contributed by atoms with Gasteiger partial charge in [0.05, 0.1) is 12.2 Å². The van der Waals surface area contributed by atoms with Crippen molar-refractivity contribution in [2.45, 2.75) is 51.4 Å². The maximum atomic E-state index is 13.2.